The van der Waals surface area contributed by atoms with E-state index >= 15 is 0 Å². The molecule has 3 aromatic rings. The predicted molar refractivity (Wildman–Crippen MR) is 110 cm³/mol. The van der Waals surface area contributed by atoms with Crippen LogP contribution in [-0.4, -0.2) is 58.6 Å². The first kappa shape index (κ1) is 19.3. The lowest BCUT2D eigenvalue weighted by molar-refractivity contribution is 0.385. The van der Waals surface area contributed by atoms with Gasteiger partial charge in [0.25, 0.3) is 0 Å². The zero-order valence-electron chi connectivity index (χ0n) is 15.1. The summed E-state index contributed by atoms with van der Waals surface area (Å²) in [5, 5.41) is 0.711. The highest BCUT2D eigenvalue weighted by molar-refractivity contribution is 7.91. The van der Waals surface area contributed by atoms with E-state index in [9.17, 15) is 16.8 Å². The molecular weight excluding hydrogens is 418 g/mol. The van der Waals surface area contributed by atoms with Gasteiger partial charge in [-0.1, -0.05) is 35.6 Å². The number of nitrogens with zero attached hydrogens (tertiary/aromatic N) is 3. The highest BCUT2D eigenvalue weighted by Gasteiger charge is 2.29. The summed E-state index contributed by atoms with van der Waals surface area (Å²) in [5.74, 6) is 0. The molecule has 1 aliphatic heterocycles. The van der Waals surface area contributed by atoms with Crippen molar-refractivity contribution >= 4 is 46.5 Å². The van der Waals surface area contributed by atoms with Gasteiger partial charge < -0.3 is 4.90 Å². The molecule has 0 N–H and O–H groups in total. The number of anilines is 1. The minimum Gasteiger partial charge on any atom is -0.345 e. The number of fused-ring (bicyclic) bond motifs is 1. The van der Waals surface area contributed by atoms with Crippen LogP contribution >= 0.6 is 11.3 Å². The summed E-state index contributed by atoms with van der Waals surface area (Å²) in [7, 11) is -6.88. The number of piperazine rings is 1. The third-order valence-electron chi connectivity index (χ3n) is 4.66. The van der Waals surface area contributed by atoms with Crippen molar-refractivity contribution in [1.82, 2.24) is 9.29 Å². The normalized spacial score (nSPS) is 16.5. The van der Waals surface area contributed by atoms with Crippen molar-refractivity contribution in [2.24, 2.45) is 0 Å². The molecule has 148 valence electrons. The smallest absolute Gasteiger partial charge is 0.243 e. The van der Waals surface area contributed by atoms with Crippen molar-refractivity contribution < 1.29 is 16.8 Å². The molecule has 0 spiro atoms. The Bertz CT molecular complexity index is 1210. The molecule has 0 aliphatic carbocycles. The first-order chi connectivity index (χ1) is 13.3. The largest absolute Gasteiger partial charge is 0.345 e. The van der Waals surface area contributed by atoms with E-state index in [1.54, 1.807) is 42.5 Å². The Labute approximate surface area is 168 Å². The number of rotatable bonds is 4. The number of thiazole rings is 1. The lowest BCUT2D eigenvalue weighted by atomic mass is 10.3. The van der Waals surface area contributed by atoms with Crippen LogP contribution in [-0.2, 0) is 19.9 Å². The van der Waals surface area contributed by atoms with E-state index in [1.807, 2.05) is 11.0 Å². The lowest BCUT2D eigenvalue weighted by Crippen LogP contribution is -2.48. The number of hydrogen-bond acceptors (Lipinski definition) is 7. The Kier molecular flexibility index (Phi) is 4.90. The molecule has 28 heavy (non-hydrogen) atoms. The molecule has 0 bridgehead atoms. The lowest BCUT2D eigenvalue weighted by Gasteiger charge is -2.33. The van der Waals surface area contributed by atoms with Crippen molar-refractivity contribution in [1.29, 1.82) is 0 Å². The van der Waals surface area contributed by atoms with Crippen LogP contribution in [0.5, 0.6) is 0 Å². The topological polar surface area (TPSA) is 87.7 Å². The fraction of sp³-hybridized carbons (Fsp3) is 0.278. The summed E-state index contributed by atoms with van der Waals surface area (Å²) in [4.78, 5) is 7.07. The van der Waals surface area contributed by atoms with Gasteiger partial charge in [0.1, 0.15) is 5.52 Å². The summed E-state index contributed by atoms with van der Waals surface area (Å²) < 4.78 is 51.8. The second-order valence-corrected chi connectivity index (χ2v) is 11.5. The number of benzene rings is 2. The fourth-order valence-electron chi connectivity index (χ4n) is 3.21. The average molecular weight is 438 g/mol. The molecule has 2 aromatic carbocycles. The molecule has 1 aliphatic rings. The second-order valence-electron chi connectivity index (χ2n) is 6.58. The average Bonchev–Trinajstić information content (AvgIpc) is 3.12. The molecule has 0 atom stereocenters. The predicted octanol–water partition coefficient (Wildman–Crippen LogP) is 2.21. The Morgan fingerprint density at radius 3 is 2.21 bits per heavy atom. The molecule has 1 fully saturated rings. The van der Waals surface area contributed by atoms with E-state index in [4.69, 9.17) is 0 Å². The van der Waals surface area contributed by atoms with Crippen molar-refractivity contribution in [2.45, 2.75) is 9.79 Å². The summed E-state index contributed by atoms with van der Waals surface area (Å²) in [6.07, 6.45) is 1.17. The van der Waals surface area contributed by atoms with Crippen LogP contribution in [0.3, 0.4) is 0 Å². The molecular formula is C18H19N3O4S3. The molecule has 0 amide bonds. The van der Waals surface area contributed by atoms with Gasteiger partial charge in [-0.3, -0.25) is 0 Å². The van der Waals surface area contributed by atoms with Crippen molar-refractivity contribution in [3.05, 3.63) is 48.5 Å². The Hall–Kier alpha value is -2.01. The van der Waals surface area contributed by atoms with E-state index in [0.29, 0.717) is 41.7 Å². The molecule has 4 rings (SSSR count). The second kappa shape index (κ2) is 7.11. The van der Waals surface area contributed by atoms with Crippen LogP contribution in [0.2, 0.25) is 0 Å². The minimum atomic E-state index is -3.51. The molecule has 0 radical (unpaired) electrons. The molecule has 10 heteroatoms. The minimum absolute atomic E-state index is 0.220. The van der Waals surface area contributed by atoms with E-state index < -0.39 is 19.9 Å². The number of para-hydroxylation sites is 1. The number of aromatic nitrogens is 1. The van der Waals surface area contributed by atoms with E-state index in [1.165, 1.54) is 21.9 Å². The Morgan fingerprint density at radius 1 is 0.893 bits per heavy atom. The third kappa shape index (κ3) is 3.52. The molecule has 1 aromatic heterocycles. The quantitative estimate of drug-likeness (QED) is 0.622. The van der Waals surface area contributed by atoms with E-state index in [2.05, 4.69) is 4.98 Å². The van der Waals surface area contributed by atoms with Gasteiger partial charge in [-0.25, -0.2) is 21.8 Å². The maximum absolute atomic E-state index is 12.8. The SMILES string of the molecule is CS(=O)(=O)c1cccc2sc(N3CCN(S(=O)(=O)c4ccccc4)CC3)nc12. The van der Waals surface area contributed by atoms with E-state index in [0.717, 1.165) is 4.70 Å². The van der Waals surface area contributed by atoms with Gasteiger partial charge in [-0.2, -0.15) is 4.31 Å². The Balaban J connectivity index is 1.56. The van der Waals surface area contributed by atoms with Crippen LogP contribution in [0, 0.1) is 0 Å². The summed E-state index contributed by atoms with van der Waals surface area (Å²) in [5.41, 5.74) is 0.476. The first-order valence-corrected chi connectivity index (χ1v) is 12.8. The molecule has 2 heterocycles. The van der Waals surface area contributed by atoms with Gasteiger partial charge >= 0.3 is 0 Å². The standard InChI is InChI=1S/C18H19N3O4S3/c1-27(22,23)16-9-5-8-15-17(16)19-18(26-15)20-10-12-21(13-11-20)28(24,25)14-6-3-2-4-7-14/h2-9H,10-13H2,1H3. The summed E-state index contributed by atoms with van der Waals surface area (Å²) in [6, 6.07) is 13.5. The summed E-state index contributed by atoms with van der Waals surface area (Å²) in [6.45, 7) is 1.71. The third-order valence-corrected chi connectivity index (χ3v) is 8.78. The zero-order valence-corrected chi connectivity index (χ0v) is 17.6. The molecule has 0 unspecified atom stereocenters. The maximum atomic E-state index is 12.8. The van der Waals surface area contributed by atoms with Gasteiger partial charge in [-0.05, 0) is 24.3 Å². The number of sulfone groups is 1. The van der Waals surface area contributed by atoms with Gasteiger partial charge in [0.2, 0.25) is 10.0 Å². The fourth-order valence-corrected chi connectivity index (χ4v) is 6.59. The van der Waals surface area contributed by atoms with Gasteiger partial charge in [-0.15, -0.1) is 0 Å². The zero-order chi connectivity index (χ0) is 19.9. The highest BCUT2D eigenvalue weighted by atomic mass is 32.2. The summed E-state index contributed by atoms with van der Waals surface area (Å²) >= 11 is 1.42. The number of hydrogen-bond donors (Lipinski definition) is 0. The van der Waals surface area contributed by atoms with Gasteiger partial charge in [0, 0.05) is 32.4 Å². The molecule has 7 nitrogen and oxygen atoms in total. The van der Waals surface area contributed by atoms with Crippen LogP contribution in [0.25, 0.3) is 10.2 Å². The first-order valence-electron chi connectivity index (χ1n) is 8.66. The highest BCUT2D eigenvalue weighted by Crippen LogP contribution is 2.33. The monoisotopic (exact) mass is 437 g/mol. The molecule has 1 saturated heterocycles. The van der Waals surface area contributed by atoms with Crippen molar-refractivity contribution in [3.8, 4) is 0 Å². The van der Waals surface area contributed by atoms with Crippen molar-refractivity contribution in [2.75, 3.05) is 37.3 Å². The molecule has 0 saturated carbocycles. The van der Waals surface area contributed by atoms with Crippen LogP contribution in [0.4, 0.5) is 5.13 Å². The van der Waals surface area contributed by atoms with Gasteiger partial charge in [0.15, 0.2) is 15.0 Å². The van der Waals surface area contributed by atoms with Gasteiger partial charge in [0.05, 0.1) is 14.5 Å². The maximum Gasteiger partial charge on any atom is 0.243 e. The van der Waals surface area contributed by atoms with E-state index in [-0.39, 0.29) is 4.90 Å². The van der Waals surface area contributed by atoms with Crippen molar-refractivity contribution in [3.63, 3.8) is 0 Å². The number of sulfonamides is 1. The van der Waals surface area contributed by atoms with Crippen LogP contribution < -0.4 is 4.90 Å². The van der Waals surface area contributed by atoms with Crippen LogP contribution in [0.1, 0.15) is 0 Å². The Morgan fingerprint density at radius 2 is 1.57 bits per heavy atom. The van der Waals surface area contributed by atoms with Crippen LogP contribution in [0.15, 0.2) is 58.3 Å².